The molecule has 0 saturated carbocycles. The van der Waals surface area contributed by atoms with Crippen molar-refractivity contribution in [3.05, 3.63) is 11.7 Å². The van der Waals surface area contributed by atoms with E-state index < -0.39 is 0 Å². The van der Waals surface area contributed by atoms with Crippen LogP contribution in [0, 0.1) is 5.92 Å². The molecule has 2 aromatic rings. The van der Waals surface area contributed by atoms with Crippen molar-refractivity contribution < 1.29 is 9.26 Å². The second kappa shape index (κ2) is 8.18. The number of thioether (sulfide) groups is 1. The lowest BCUT2D eigenvalue weighted by Crippen LogP contribution is -2.38. The Balaban J connectivity index is 1.80. The van der Waals surface area contributed by atoms with Crippen LogP contribution in [-0.4, -0.2) is 51.2 Å². The maximum Gasteiger partial charge on any atom is 0.239 e. The number of aromatic nitrogens is 5. The topological polar surface area (TPSA) is 82.1 Å². The molecule has 0 bridgehead atoms. The fourth-order valence-electron chi connectivity index (χ4n) is 2.80. The Labute approximate surface area is 165 Å². The fourth-order valence-corrected chi connectivity index (χ4v) is 3.69. The summed E-state index contributed by atoms with van der Waals surface area (Å²) < 4.78 is 13.2. The van der Waals surface area contributed by atoms with Crippen molar-refractivity contribution in [2.75, 3.05) is 31.2 Å². The van der Waals surface area contributed by atoms with Gasteiger partial charge in [-0.2, -0.15) is 4.98 Å². The van der Waals surface area contributed by atoms with Gasteiger partial charge < -0.3 is 14.2 Å². The van der Waals surface area contributed by atoms with E-state index in [2.05, 4.69) is 71.3 Å². The molecule has 3 rings (SSSR count). The monoisotopic (exact) mass is 394 g/mol. The lowest BCUT2D eigenvalue weighted by Gasteiger charge is -2.28. The maximum atomic E-state index is 5.50. The molecule has 0 spiro atoms. The first kappa shape index (κ1) is 20.1. The van der Waals surface area contributed by atoms with E-state index in [1.807, 2.05) is 0 Å². The third kappa shape index (κ3) is 4.82. The van der Waals surface area contributed by atoms with Crippen molar-refractivity contribution >= 4 is 17.7 Å². The minimum Gasteiger partial charge on any atom is -0.378 e. The SMILES string of the molecule is CC(C)Cn1c(S[C@@H](C)c2nc(C(C)(C)C)no2)nnc1N1CCOCC1. The minimum absolute atomic E-state index is 0.00116. The van der Waals surface area contributed by atoms with E-state index in [9.17, 15) is 0 Å². The van der Waals surface area contributed by atoms with Gasteiger partial charge in [0.25, 0.3) is 0 Å². The van der Waals surface area contributed by atoms with Crippen LogP contribution < -0.4 is 4.90 Å². The third-order valence-corrected chi connectivity index (χ3v) is 5.35. The van der Waals surface area contributed by atoms with Crippen LogP contribution in [0.4, 0.5) is 5.95 Å². The summed E-state index contributed by atoms with van der Waals surface area (Å²) >= 11 is 1.61. The van der Waals surface area contributed by atoms with Crippen molar-refractivity contribution in [2.24, 2.45) is 5.92 Å². The number of hydrogen-bond acceptors (Lipinski definition) is 8. The molecule has 150 valence electrons. The van der Waals surface area contributed by atoms with Crippen LogP contribution in [0.5, 0.6) is 0 Å². The molecule has 1 fully saturated rings. The maximum absolute atomic E-state index is 5.50. The molecular formula is C18H30N6O2S. The molecule has 2 aromatic heterocycles. The molecule has 0 N–H and O–H groups in total. The Morgan fingerprint density at radius 2 is 1.81 bits per heavy atom. The quantitative estimate of drug-likeness (QED) is 0.690. The lowest BCUT2D eigenvalue weighted by molar-refractivity contribution is 0.121. The van der Waals surface area contributed by atoms with E-state index >= 15 is 0 Å². The second-order valence-electron chi connectivity index (χ2n) is 8.35. The third-order valence-electron chi connectivity index (χ3n) is 4.28. The van der Waals surface area contributed by atoms with Crippen LogP contribution in [0.2, 0.25) is 0 Å². The van der Waals surface area contributed by atoms with Gasteiger partial charge in [0.15, 0.2) is 11.0 Å². The number of nitrogens with zero attached hydrogens (tertiary/aromatic N) is 6. The smallest absolute Gasteiger partial charge is 0.239 e. The second-order valence-corrected chi connectivity index (χ2v) is 9.66. The summed E-state index contributed by atoms with van der Waals surface area (Å²) in [4.78, 5) is 6.83. The summed E-state index contributed by atoms with van der Waals surface area (Å²) in [6, 6.07) is 0. The molecule has 1 atom stereocenters. The largest absolute Gasteiger partial charge is 0.378 e. The Bertz CT molecular complexity index is 745. The van der Waals surface area contributed by atoms with E-state index in [1.54, 1.807) is 11.8 Å². The number of hydrogen-bond donors (Lipinski definition) is 0. The highest BCUT2D eigenvalue weighted by molar-refractivity contribution is 7.99. The molecular weight excluding hydrogens is 364 g/mol. The van der Waals surface area contributed by atoms with Gasteiger partial charge >= 0.3 is 0 Å². The number of ether oxygens (including phenoxy) is 1. The molecule has 0 amide bonds. The number of anilines is 1. The van der Waals surface area contributed by atoms with Crippen LogP contribution in [0.1, 0.15) is 58.5 Å². The van der Waals surface area contributed by atoms with Gasteiger partial charge in [-0.25, -0.2) is 0 Å². The zero-order valence-corrected chi connectivity index (χ0v) is 17.9. The van der Waals surface area contributed by atoms with Crippen LogP contribution in [0.25, 0.3) is 0 Å². The van der Waals surface area contributed by atoms with E-state index in [4.69, 9.17) is 9.26 Å². The van der Waals surface area contributed by atoms with Gasteiger partial charge in [-0.1, -0.05) is 51.5 Å². The van der Waals surface area contributed by atoms with E-state index in [0.29, 0.717) is 11.8 Å². The van der Waals surface area contributed by atoms with Crippen molar-refractivity contribution in [3.8, 4) is 0 Å². The van der Waals surface area contributed by atoms with Gasteiger partial charge in [0.1, 0.15) is 0 Å². The number of rotatable bonds is 6. The molecule has 8 nitrogen and oxygen atoms in total. The Morgan fingerprint density at radius 1 is 1.11 bits per heavy atom. The van der Waals surface area contributed by atoms with Crippen LogP contribution in [0.15, 0.2) is 9.68 Å². The predicted molar refractivity (Wildman–Crippen MR) is 105 cm³/mol. The molecule has 3 heterocycles. The molecule has 1 aliphatic rings. The van der Waals surface area contributed by atoms with Gasteiger partial charge in [-0.15, -0.1) is 10.2 Å². The molecule has 0 aromatic carbocycles. The van der Waals surface area contributed by atoms with Crippen molar-refractivity contribution in [3.63, 3.8) is 0 Å². The van der Waals surface area contributed by atoms with Gasteiger partial charge in [0.2, 0.25) is 11.8 Å². The molecule has 27 heavy (non-hydrogen) atoms. The van der Waals surface area contributed by atoms with Gasteiger partial charge in [0, 0.05) is 25.0 Å². The van der Waals surface area contributed by atoms with Gasteiger partial charge in [-0.05, 0) is 12.8 Å². The molecule has 0 unspecified atom stereocenters. The molecule has 1 saturated heterocycles. The Kier molecular flexibility index (Phi) is 6.10. The van der Waals surface area contributed by atoms with E-state index in [0.717, 1.165) is 49.8 Å². The van der Waals surface area contributed by atoms with E-state index in [-0.39, 0.29) is 10.7 Å². The van der Waals surface area contributed by atoms with Crippen LogP contribution in [-0.2, 0) is 16.7 Å². The average Bonchev–Trinajstić information content (AvgIpc) is 3.23. The summed E-state index contributed by atoms with van der Waals surface area (Å²) in [5, 5.41) is 14.0. The predicted octanol–water partition coefficient (Wildman–Crippen LogP) is 3.30. The highest BCUT2D eigenvalue weighted by Crippen LogP contribution is 2.35. The summed E-state index contributed by atoms with van der Waals surface area (Å²) in [6.07, 6.45) is 0. The molecule has 9 heteroatoms. The standard InChI is InChI=1S/C18H30N6O2S/c1-12(2)11-24-16(23-7-9-25-10-8-23)20-21-17(24)27-13(3)14-19-15(22-26-14)18(4,5)6/h12-13H,7-11H2,1-6H3/t13-/m0/s1. The van der Waals surface area contributed by atoms with Crippen LogP contribution in [0.3, 0.4) is 0 Å². The lowest BCUT2D eigenvalue weighted by atomic mass is 9.96. The molecule has 1 aliphatic heterocycles. The zero-order valence-electron chi connectivity index (χ0n) is 17.1. The highest BCUT2D eigenvalue weighted by atomic mass is 32.2. The Hall–Kier alpha value is -1.61. The van der Waals surface area contributed by atoms with Crippen molar-refractivity contribution in [1.82, 2.24) is 24.9 Å². The van der Waals surface area contributed by atoms with Gasteiger partial charge in [-0.3, -0.25) is 4.57 Å². The van der Waals surface area contributed by atoms with Crippen molar-refractivity contribution in [2.45, 2.75) is 63.9 Å². The number of morpholine rings is 1. The first-order valence-electron chi connectivity index (χ1n) is 9.52. The van der Waals surface area contributed by atoms with E-state index in [1.165, 1.54) is 0 Å². The normalized spacial score (nSPS) is 16.9. The Morgan fingerprint density at radius 3 is 2.41 bits per heavy atom. The molecule has 0 radical (unpaired) electrons. The first-order valence-corrected chi connectivity index (χ1v) is 10.4. The highest BCUT2D eigenvalue weighted by Gasteiger charge is 2.26. The van der Waals surface area contributed by atoms with Crippen LogP contribution >= 0.6 is 11.8 Å². The summed E-state index contributed by atoms with van der Waals surface area (Å²) in [7, 11) is 0. The van der Waals surface area contributed by atoms with Crippen molar-refractivity contribution in [1.29, 1.82) is 0 Å². The fraction of sp³-hybridized carbons (Fsp3) is 0.778. The minimum atomic E-state index is -0.132. The first-order chi connectivity index (χ1) is 12.8. The summed E-state index contributed by atoms with van der Waals surface area (Å²) in [5.41, 5.74) is -0.132. The summed E-state index contributed by atoms with van der Waals surface area (Å²) in [6.45, 7) is 16.7. The van der Waals surface area contributed by atoms with Gasteiger partial charge in [0.05, 0.1) is 18.5 Å². The molecule has 0 aliphatic carbocycles. The zero-order chi connectivity index (χ0) is 19.6. The summed E-state index contributed by atoms with van der Waals surface area (Å²) in [5.74, 6) is 2.76. The average molecular weight is 395 g/mol.